The molecule has 1 heterocycles. The van der Waals surface area contributed by atoms with Crippen LogP contribution in [0.5, 0.6) is 11.5 Å². The topological polar surface area (TPSA) is 105 Å². The summed E-state index contributed by atoms with van der Waals surface area (Å²) in [6.45, 7) is 1.50. The van der Waals surface area contributed by atoms with Gasteiger partial charge in [0.1, 0.15) is 5.70 Å². The predicted octanol–water partition coefficient (Wildman–Crippen LogP) is 1.68. The lowest BCUT2D eigenvalue weighted by molar-refractivity contribution is -0.139. The number of rotatable bonds is 6. The van der Waals surface area contributed by atoms with E-state index in [0.29, 0.717) is 20.6 Å². The Hall–Kier alpha value is -2.30. The number of amides is 3. The Bertz CT molecular complexity index is 731. The fourth-order valence-corrected chi connectivity index (χ4v) is 2.90. The molecule has 0 radical (unpaired) electrons. The maximum Gasteiger partial charge on any atom is 0.341 e. The summed E-state index contributed by atoms with van der Waals surface area (Å²) in [4.78, 5) is 35.5. The number of carboxylic acids is 1. The van der Waals surface area contributed by atoms with Gasteiger partial charge in [-0.3, -0.25) is 9.69 Å². The van der Waals surface area contributed by atoms with Gasteiger partial charge in [0.15, 0.2) is 18.1 Å². The zero-order valence-corrected chi connectivity index (χ0v) is 15.1. The third-order valence-electron chi connectivity index (χ3n) is 3.18. The van der Waals surface area contributed by atoms with Gasteiger partial charge in [-0.15, -0.1) is 0 Å². The summed E-state index contributed by atoms with van der Waals surface area (Å²) < 4.78 is 11.1. The maximum absolute atomic E-state index is 12.1. The van der Waals surface area contributed by atoms with Crippen molar-refractivity contribution in [2.75, 3.05) is 20.3 Å². The first kappa shape index (κ1) is 18.0. The van der Waals surface area contributed by atoms with Gasteiger partial charge >= 0.3 is 12.0 Å². The molecular formula is C15H15IN2O6. The van der Waals surface area contributed by atoms with E-state index < -0.39 is 24.5 Å². The van der Waals surface area contributed by atoms with Crippen LogP contribution in [0, 0.1) is 3.57 Å². The van der Waals surface area contributed by atoms with E-state index in [9.17, 15) is 14.4 Å². The van der Waals surface area contributed by atoms with Crippen molar-refractivity contribution in [3.05, 3.63) is 27.0 Å². The highest BCUT2D eigenvalue weighted by Crippen LogP contribution is 2.34. The minimum atomic E-state index is -1.10. The van der Waals surface area contributed by atoms with Crippen LogP contribution in [-0.4, -0.2) is 48.2 Å². The fraction of sp³-hybridized carbons (Fsp3) is 0.267. The van der Waals surface area contributed by atoms with E-state index in [1.807, 2.05) is 22.6 Å². The molecular weight excluding hydrogens is 431 g/mol. The largest absolute Gasteiger partial charge is 0.493 e. The van der Waals surface area contributed by atoms with Crippen molar-refractivity contribution < 1.29 is 29.0 Å². The minimum Gasteiger partial charge on any atom is -0.493 e. The summed E-state index contributed by atoms with van der Waals surface area (Å²) in [5, 5.41) is 11.2. The van der Waals surface area contributed by atoms with Gasteiger partial charge in [-0.05, 0) is 53.3 Å². The third kappa shape index (κ3) is 3.78. The molecule has 8 nitrogen and oxygen atoms in total. The predicted molar refractivity (Wildman–Crippen MR) is 92.7 cm³/mol. The number of methoxy groups -OCH3 is 1. The summed E-state index contributed by atoms with van der Waals surface area (Å²) in [7, 11) is 1.43. The summed E-state index contributed by atoms with van der Waals surface area (Å²) in [6.07, 6.45) is 1.53. The molecule has 9 heteroatoms. The highest BCUT2D eigenvalue weighted by molar-refractivity contribution is 14.1. The molecule has 0 aromatic heterocycles. The molecule has 1 aromatic carbocycles. The molecule has 24 heavy (non-hydrogen) atoms. The van der Waals surface area contributed by atoms with Gasteiger partial charge < -0.3 is 19.9 Å². The van der Waals surface area contributed by atoms with E-state index in [1.165, 1.54) is 13.2 Å². The van der Waals surface area contributed by atoms with Crippen LogP contribution in [0.15, 0.2) is 17.8 Å². The number of benzene rings is 1. The molecule has 0 atom stereocenters. The van der Waals surface area contributed by atoms with E-state index >= 15 is 0 Å². The summed E-state index contributed by atoms with van der Waals surface area (Å²) in [6, 6.07) is 2.83. The normalized spacial score (nSPS) is 15.6. The average Bonchev–Trinajstić information content (AvgIpc) is 2.79. The molecule has 1 fully saturated rings. The lowest BCUT2D eigenvalue weighted by atomic mass is 10.1. The molecule has 2 rings (SSSR count). The van der Waals surface area contributed by atoms with Crippen LogP contribution in [0.2, 0.25) is 0 Å². The Morgan fingerprint density at radius 3 is 2.67 bits per heavy atom. The van der Waals surface area contributed by atoms with E-state index in [2.05, 4.69) is 5.32 Å². The van der Waals surface area contributed by atoms with Crippen LogP contribution in [0.25, 0.3) is 6.08 Å². The Morgan fingerprint density at radius 2 is 2.12 bits per heavy atom. The smallest absolute Gasteiger partial charge is 0.341 e. The van der Waals surface area contributed by atoms with Crippen LogP contribution in [0.1, 0.15) is 12.5 Å². The zero-order valence-electron chi connectivity index (χ0n) is 13.0. The van der Waals surface area contributed by atoms with Crippen molar-refractivity contribution in [3.63, 3.8) is 0 Å². The molecule has 0 bridgehead atoms. The fourth-order valence-electron chi connectivity index (χ4n) is 2.12. The van der Waals surface area contributed by atoms with Crippen LogP contribution in [-0.2, 0) is 9.59 Å². The number of carboxylic acid groups (broad SMARTS) is 1. The number of aliphatic carboxylic acids is 1. The number of hydrogen-bond donors (Lipinski definition) is 2. The number of carbonyl (C=O) groups excluding carboxylic acids is 2. The molecule has 128 valence electrons. The number of hydrogen-bond acceptors (Lipinski definition) is 5. The molecule has 1 aliphatic rings. The molecule has 3 amide bonds. The number of nitrogens with one attached hydrogen (secondary N) is 1. The van der Waals surface area contributed by atoms with E-state index in [0.717, 1.165) is 4.90 Å². The van der Waals surface area contributed by atoms with Crippen molar-refractivity contribution in [1.29, 1.82) is 0 Å². The van der Waals surface area contributed by atoms with Crippen LogP contribution in [0.3, 0.4) is 0 Å². The number of likely N-dealkylation sites (N-methyl/N-ethyl adjacent to an activating group) is 1. The second-order valence-corrected chi connectivity index (χ2v) is 5.92. The first-order chi connectivity index (χ1) is 11.4. The molecule has 1 aromatic rings. The average molecular weight is 446 g/mol. The van der Waals surface area contributed by atoms with Gasteiger partial charge in [0.25, 0.3) is 5.91 Å². The molecule has 0 spiro atoms. The molecule has 0 aliphatic carbocycles. The number of ether oxygens (including phenoxy) is 2. The second kappa shape index (κ2) is 7.51. The van der Waals surface area contributed by atoms with Crippen molar-refractivity contribution >= 4 is 46.6 Å². The number of imide groups is 1. The molecule has 1 aliphatic heterocycles. The Balaban J connectivity index is 2.34. The van der Waals surface area contributed by atoms with Crippen molar-refractivity contribution in [2.24, 2.45) is 0 Å². The summed E-state index contributed by atoms with van der Waals surface area (Å²) in [5.74, 6) is -0.862. The van der Waals surface area contributed by atoms with Crippen LogP contribution >= 0.6 is 22.6 Å². The Labute approximate surface area is 151 Å². The standard InChI is InChI=1S/C15H15IN2O6/c1-3-18-14(21)10(17-15(18)22)5-8-4-9(16)13(11(6-8)23-2)24-7-12(19)20/h4-6H,3,7H2,1-2H3,(H,17,22)(H,19,20)/b10-5+. The van der Waals surface area contributed by atoms with Crippen LogP contribution in [0.4, 0.5) is 4.79 Å². The minimum absolute atomic E-state index is 0.166. The lowest BCUT2D eigenvalue weighted by Crippen LogP contribution is -2.30. The van der Waals surface area contributed by atoms with Crippen LogP contribution < -0.4 is 14.8 Å². The summed E-state index contributed by atoms with van der Waals surface area (Å²) >= 11 is 1.98. The Kier molecular flexibility index (Phi) is 5.65. The van der Waals surface area contributed by atoms with E-state index in [4.69, 9.17) is 14.6 Å². The Morgan fingerprint density at radius 1 is 1.42 bits per heavy atom. The number of nitrogens with zero attached hydrogens (tertiary/aromatic N) is 1. The van der Waals surface area contributed by atoms with Gasteiger partial charge in [-0.25, -0.2) is 9.59 Å². The van der Waals surface area contributed by atoms with Gasteiger partial charge in [0.05, 0.1) is 10.7 Å². The van der Waals surface area contributed by atoms with Gasteiger partial charge in [-0.1, -0.05) is 0 Å². The van der Waals surface area contributed by atoms with Crippen molar-refractivity contribution in [2.45, 2.75) is 6.92 Å². The maximum atomic E-state index is 12.1. The van der Waals surface area contributed by atoms with E-state index in [-0.39, 0.29) is 12.2 Å². The highest BCUT2D eigenvalue weighted by Gasteiger charge is 2.32. The SMILES string of the molecule is CCN1C(=O)N/C(=C/c2cc(I)c(OCC(=O)O)c(OC)c2)C1=O. The summed E-state index contributed by atoms with van der Waals surface area (Å²) in [5.41, 5.74) is 0.777. The number of carbonyl (C=O) groups is 3. The monoisotopic (exact) mass is 446 g/mol. The zero-order chi connectivity index (χ0) is 17.9. The number of urea groups is 1. The quantitative estimate of drug-likeness (QED) is 0.392. The van der Waals surface area contributed by atoms with E-state index in [1.54, 1.807) is 19.1 Å². The third-order valence-corrected chi connectivity index (χ3v) is 3.98. The van der Waals surface area contributed by atoms with Crippen molar-refractivity contribution in [3.8, 4) is 11.5 Å². The number of halogens is 1. The van der Waals surface area contributed by atoms with Gasteiger partial charge in [-0.2, -0.15) is 0 Å². The molecule has 0 saturated carbocycles. The second-order valence-electron chi connectivity index (χ2n) is 4.75. The first-order valence-corrected chi connectivity index (χ1v) is 8.02. The van der Waals surface area contributed by atoms with Gasteiger partial charge in [0, 0.05) is 6.54 Å². The molecule has 2 N–H and O–H groups in total. The van der Waals surface area contributed by atoms with Crippen molar-refractivity contribution in [1.82, 2.24) is 10.2 Å². The highest BCUT2D eigenvalue weighted by atomic mass is 127. The first-order valence-electron chi connectivity index (χ1n) is 6.94. The molecule has 1 saturated heterocycles. The molecule has 0 unspecified atom stereocenters. The van der Waals surface area contributed by atoms with Gasteiger partial charge in [0.2, 0.25) is 0 Å². The lowest BCUT2D eigenvalue weighted by Gasteiger charge is -2.12.